The second kappa shape index (κ2) is 8.68. The van der Waals surface area contributed by atoms with Crippen molar-refractivity contribution in [3.8, 4) is 5.75 Å². The van der Waals surface area contributed by atoms with Crippen LogP contribution in [0.1, 0.15) is 19.8 Å². The number of sulfone groups is 1. The normalized spacial score (nSPS) is 19.2. The van der Waals surface area contributed by atoms with Crippen LogP contribution >= 0.6 is 12.4 Å². The van der Waals surface area contributed by atoms with E-state index in [2.05, 4.69) is 5.32 Å². The Morgan fingerprint density at radius 2 is 1.96 bits per heavy atom. The minimum Gasteiger partial charge on any atom is -0.495 e. The zero-order valence-electron chi connectivity index (χ0n) is 14.6. The highest BCUT2D eigenvalue weighted by atomic mass is 35.5. The topological polar surface area (TPSA) is 92.8 Å². The van der Waals surface area contributed by atoms with Crippen LogP contribution in [-0.4, -0.2) is 60.2 Å². The molecule has 0 radical (unpaired) electrons. The number of sulfonamides is 1. The fraction of sp³-hybridized carbons (Fsp3) is 0.600. The molecule has 1 N–H and O–H groups in total. The lowest BCUT2D eigenvalue weighted by atomic mass is 10.1. The zero-order valence-corrected chi connectivity index (χ0v) is 17.0. The lowest BCUT2D eigenvalue weighted by molar-refractivity contribution is 0.253. The number of piperazine rings is 1. The molecule has 10 heteroatoms. The Balaban J connectivity index is 0.00000312. The molecule has 1 aromatic carbocycles. The minimum absolute atomic E-state index is 0. The van der Waals surface area contributed by atoms with E-state index in [4.69, 9.17) is 4.74 Å². The summed E-state index contributed by atoms with van der Waals surface area (Å²) in [6, 6.07) is 3.78. The van der Waals surface area contributed by atoms with Gasteiger partial charge in [-0.1, -0.05) is 13.3 Å². The van der Waals surface area contributed by atoms with Crippen LogP contribution in [0.5, 0.6) is 5.75 Å². The van der Waals surface area contributed by atoms with Crippen molar-refractivity contribution >= 4 is 32.3 Å². The van der Waals surface area contributed by atoms with E-state index in [9.17, 15) is 16.8 Å². The van der Waals surface area contributed by atoms with Crippen LogP contribution in [0, 0.1) is 0 Å². The second-order valence-corrected chi connectivity index (χ2v) is 9.72. The average molecular weight is 413 g/mol. The summed E-state index contributed by atoms with van der Waals surface area (Å²) in [5, 5.41) is 3.20. The van der Waals surface area contributed by atoms with Crippen molar-refractivity contribution in [2.75, 3.05) is 33.0 Å². The number of benzene rings is 1. The third-order valence-corrected chi connectivity index (χ3v) is 7.15. The van der Waals surface area contributed by atoms with E-state index in [0.29, 0.717) is 19.6 Å². The molecule has 1 heterocycles. The number of methoxy groups -OCH3 is 1. The van der Waals surface area contributed by atoms with E-state index in [1.54, 1.807) is 0 Å². The quantitative estimate of drug-likeness (QED) is 0.756. The van der Waals surface area contributed by atoms with E-state index in [1.165, 1.54) is 29.6 Å². The summed E-state index contributed by atoms with van der Waals surface area (Å²) in [5.41, 5.74) is 0. The first kappa shape index (κ1) is 22.2. The Bertz CT molecular complexity index is 794. The van der Waals surface area contributed by atoms with Crippen molar-refractivity contribution in [2.24, 2.45) is 0 Å². The molecule has 1 aliphatic heterocycles. The van der Waals surface area contributed by atoms with Gasteiger partial charge in [-0.3, -0.25) is 0 Å². The summed E-state index contributed by atoms with van der Waals surface area (Å²) in [6.45, 7) is 3.50. The average Bonchev–Trinajstić information content (AvgIpc) is 2.54. The Morgan fingerprint density at radius 1 is 1.28 bits per heavy atom. The van der Waals surface area contributed by atoms with Crippen molar-refractivity contribution in [2.45, 2.75) is 35.6 Å². The first-order valence-electron chi connectivity index (χ1n) is 7.82. The Hall–Kier alpha value is -0.870. The molecule has 1 aromatic rings. The molecule has 0 spiro atoms. The van der Waals surface area contributed by atoms with E-state index >= 15 is 0 Å². The molecule has 0 saturated carbocycles. The maximum absolute atomic E-state index is 13.2. The highest BCUT2D eigenvalue weighted by Gasteiger charge is 2.35. The van der Waals surface area contributed by atoms with Crippen LogP contribution in [0.4, 0.5) is 0 Å². The molecule has 1 saturated heterocycles. The van der Waals surface area contributed by atoms with Gasteiger partial charge in [0.2, 0.25) is 10.0 Å². The highest BCUT2D eigenvalue weighted by Crippen LogP contribution is 2.31. The predicted molar refractivity (Wildman–Crippen MR) is 98.8 cm³/mol. The van der Waals surface area contributed by atoms with Crippen molar-refractivity contribution in [3.05, 3.63) is 18.2 Å². The fourth-order valence-electron chi connectivity index (χ4n) is 2.85. The number of nitrogens with one attached hydrogen (secondary N) is 1. The molecular weight excluding hydrogens is 388 g/mol. The van der Waals surface area contributed by atoms with Gasteiger partial charge < -0.3 is 10.1 Å². The van der Waals surface area contributed by atoms with Gasteiger partial charge in [-0.05, 0) is 24.6 Å². The van der Waals surface area contributed by atoms with E-state index < -0.39 is 19.9 Å². The van der Waals surface area contributed by atoms with Crippen LogP contribution < -0.4 is 10.1 Å². The molecule has 1 atom stereocenters. The summed E-state index contributed by atoms with van der Waals surface area (Å²) in [7, 11) is -6.00. The first-order chi connectivity index (χ1) is 11.2. The standard InChI is InChI=1S/C15H24N2O5S2.ClH/c1-4-5-12-11-16-8-9-17(12)24(20,21)15-10-13(23(3,18)19)6-7-14(15)22-2;/h6-7,10,12,16H,4-5,8-9,11H2,1-3H3;1H. The van der Waals surface area contributed by atoms with Crippen molar-refractivity contribution in [1.82, 2.24) is 9.62 Å². The molecule has 25 heavy (non-hydrogen) atoms. The summed E-state index contributed by atoms with van der Waals surface area (Å²) >= 11 is 0. The summed E-state index contributed by atoms with van der Waals surface area (Å²) in [6.07, 6.45) is 2.65. The maximum Gasteiger partial charge on any atom is 0.247 e. The summed E-state index contributed by atoms with van der Waals surface area (Å²) in [5.74, 6) is 0.149. The molecule has 1 fully saturated rings. The van der Waals surface area contributed by atoms with Crippen LogP contribution in [0.3, 0.4) is 0 Å². The largest absolute Gasteiger partial charge is 0.495 e. The first-order valence-corrected chi connectivity index (χ1v) is 11.2. The van der Waals surface area contributed by atoms with Gasteiger partial charge in [0.25, 0.3) is 0 Å². The molecular formula is C15H25ClN2O5S2. The lowest BCUT2D eigenvalue weighted by Gasteiger charge is -2.35. The summed E-state index contributed by atoms with van der Waals surface area (Å²) < 4.78 is 56.5. The van der Waals surface area contributed by atoms with Gasteiger partial charge in [-0.25, -0.2) is 16.8 Å². The van der Waals surface area contributed by atoms with Gasteiger partial charge in [0.15, 0.2) is 9.84 Å². The molecule has 1 aliphatic rings. The smallest absolute Gasteiger partial charge is 0.247 e. The Labute approximate surface area is 156 Å². The van der Waals surface area contributed by atoms with Gasteiger partial charge in [0, 0.05) is 31.9 Å². The van der Waals surface area contributed by atoms with E-state index in [0.717, 1.165) is 19.1 Å². The minimum atomic E-state index is -3.86. The molecule has 0 amide bonds. The highest BCUT2D eigenvalue weighted by molar-refractivity contribution is 7.91. The van der Waals surface area contributed by atoms with Crippen LogP contribution in [-0.2, 0) is 19.9 Å². The fourth-order valence-corrected chi connectivity index (χ4v) is 5.41. The maximum atomic E-state index is 13.2. The van der Waals surface area contributed by atoms with E-state index in [1.807, 2.05) is 6.92 Å². The molecule has 1 unspecified atom stereocenters. The number of nitrogens with zero attached hydrogens (tertiary/aromatic N) is 1. The van der Waals surface area contributed by atoms with Gasteiger partial charge in [-0.2, -0.15) is 4.31 Å². The van der Waals surface area contributed by atoms with Crippen LogP contribution in [0.15, 0.2) is 28.0 Å². The number of hydrogen-bond donors (Lipinski definition) is 1. The monoisotopic (exact) mass is 412 g/mol. The van der Waals surface area contributed by atoms with Gasteiger partial charge >= 0.3 is 0 Å². The van der Waals surface area contributed by atoms with Gasteiger partial charge in [0.05, 0.1) is 12.0 Å². The number of rotatable bonds is 6. The van der Waals surface area contributed by atoms with Crippen molar-refractivity contribution in [3.63, 3.8) is 0 Å². The van der Waals surface area contributed by atoms with Crippen LogP contribution in [0.25, 0.3) is 0 Å². The molecule has 7 nitrogen and oxygen atoms in total. The molecule has 144 valence electrons. The summed E-state index contributed by atoms with van der Waals surface area (Å²) in [4.78, 5) is -0.139. The van der Waals surface area contributed by atoms with Gasteiger partial charge in [0.1, 0.15) is 10.6 Å². The predicted octanol–water partition coefficient (Wildman–Crippen LogP) is 1.28. The van der Waals surface area contributed by atoms with Gasteiger partial charge in [-0.15, -0.1) is 12.4 Å². The number of ether oxygens (including phenoxy) is 1. The Morgan fingerprint density at radius 3 is 2.52 bits per heavy atom. The van der Waals surface area contributed by atoms with Crippen molar-refractivity contribution < 1.29 is 21.6 Å². The Kier molecular flexibility index (Phi) is 7.70. The SMILES string of the molecule is CCCC1CNCCN1S(=O)(=O)c1cc(S(C)(=O)=O)ccc1OC.Cl. The zero-order chi connectivity index (χ0) is 18.0. The third-order valence-electron chi connectivity index (χ3n) is 4.07. The lowest BCUT2D eigenvalue weighted by Crippen LogP contribution is -2.53. The second-order valence-electron chi connectivity index (χ2n) is 5.85. The third kappa shape index (κ3) is 4.85. The van der Waals surface area contributed by atoms with Crippen molar-refractivity contribution in [1.29, 1.82) is 0 Å². The van der Waals surface area contributed by atoms with Crippen LogP contribution in [0.2, 0.25) is 0 Å². The molecule has 0 bridgehead atoms. The molecule has 2 rings (SSSR count). The number of hydrogen-bond acceptors (Lipinski definition) is 6. The molecule has 0 aliphatic carbocycles. The van der Waals surface area contributed by atoms with E-state index in [-0.39, 0.29) is 34.0 Å². The molecule has 0 aromatic heterocycles. The number of halogens is 1.